The van der Waals surface area contributed by atoms with Crippen molar-refractivity contribution in [2.45, 2.75) is 59.3 Å². The van der Waals surface area contributed by atoms with Crippen molar-refractivity contribution < 1.29 is 9.53 Å². The molecule has 0 aliphatic rings. The van der Waals surface area contributed by atoms with E-state index in [1.165, 1.54) is 25.7 Å². The number of Topliss-reactive ketones (excluding diaryl/α,β-unsaturated/α-hetero) is 1. The molecule has 1 aromatic rings. The van der Waals surface area contributed by atoms with Crippen LogP contribution in [0.2, 0.25) is 0 Å². The molecule has 0 fully saturated rings. The van der Waals surface area contributed by atoms with E-state index in [2.05, 4.69) is 25.7 Å². The number of nitrogens with zero attached hydrogens (tertiary/aromatic N) is 1. The van der Waals surface area contributed by atoms with Crippen molar-refractivity contribution in [2.75, 3.05) is 26.2 Å². The third kappa shape index (κ3) is 8.17. The highest BCUT2D eigenvalue weighted by atomic mass is 16.5. The van der Waals surface area contributed by atoms with Gasteiger partial charge in [0, 0.05) is 18.5 Å². The Morgan fingerprint density at radius 3 is 2.04 bits per heavy atom. The molecule has 0 aliphatic heterocycles. The molecular weight excluding hydrogens is 286 g/mol. The van der Waals surface area contributed by atoms with Crippen LogP contribution in [0.15, 0.2) is 24.3 Å². The van der Waals surface area contributed by atoms with Gasteiger partial charge in [-0.15, -0.1) is 0 Å². The van der Waals surface area contributed by atoms with E-state index in [9.17, 15) is 4.79 Å². The number of unbranched alkanes of at least 4 members (excludes halogenated alkanes) is 2. The molecule has 0 saturated heterocycles. The molecule has 0 spiro atoms. The van der Waals surface area contributed by atoms with Crippen molar-refractivity contribution in [3.05, 3.63) is 29.8 Å². The van der Waals surface area contributed by atoms with Crippen LogP contribution in [0.1, 0.15) is 69.7 Å². The van der Waals surface area contributed by atoms with Gasteiger partial charge in [-0.1, -0.05) is 33.6 Å². The molecule has 130 valence electrons. The number of ether oxygens (including phenoxy) is 1. The van der Waals surface area contributed by atoms with E-state index < -0.39 is 0 Å². The molecule has 0 aromatic heterocycles. The van der Waals surface area contributed by atoms with Gasteiger partial charge in [-0.2, -0.15) is 0 Å². The Labute approximate surface area is 142 Å². The van der Waals surface area contributed by atoms with Gasteiger partial charge in [0.1, 0.15) is 5.75 Å². The minimum absolute atomic E-state index is 0.227. The molecule has 1 aromatic carbocycles. The van der Waals surface area contributed by atoms with Crippen molar-refractivity contribution in [2.24, 2.45) is 0 Å². The van der Waals surface area contributed by atoms with Crippen LogP contribution in [0.3, 0.4) is 0 Å². The van der Waals surface area contributed by atoms with Crippen LogP contribution in [-0.2, 0) is 0 Å². The van der Waals surface area contributed by atoms with Crippen molar-refractivity contribution in [3.63, 3.8) is 0 Å². The molecule has 0 amide bonds. The fraction of sp³-hybridized carbons (Fsp3) is 0.650. The second-order valence-corrected chi connectivity index (χ2v) is 6.09. The number of hydrogen-bond acceptors (Lipinski definition) is 3. The van der Waals surface area contributed by atoms with Crippen LogP contribution in [-0.4, -0.2) is 36.9 Å². The van der Waals surface area contributed by atoms with E-state index in [1.54, 1.807) is 0 Å². The van der Waals surface area contributed by atoms with E-state index in [0.717, 1.165) is 44.0 Å². The quantitative estimate of drug-likeness (QED) is 0.482. The molecule has 1 rings (SSSR count). The van der Waals surface area contributed by atoms with Gasteiger partial charge in [-0.05, 0) is 56.6 Å². The summed E-state index contributed by atoms with van der Waals surface area (Å²) in [7, 11) is 0. The van der Waals surface area contributed by atoms with E-state index in [4.69, 9.17) is 4.74 Å². The lowest BCUT2D eigenvalue weighted by Gasteiger charge is -2.21. The molecule has 0 N–H and O–H groups in total. The number of benzene rings is 1. The highest BCUT2D eigenvalue weighted by Crippen LogP contribution is 2.14. The molecule has 3 nitrogen and oxygen atoms in total. The third-order valence-corrected chi connectivity index (χ3v) is 3.96. The first-order valence-corrected chi connectivity index (χ1v) is 9.19. The van der Waals surface area contributed by atoms with E-state index in [1.807, 2.05) is 24.3 Å². The zero-order valence-corrected chi connectivity index (χ0v) is 15.1. The summed E-state index contributed by atoms with van der Waals surface area (Å²) in [6.45, 7) is 10.3. The maximum atomic E-state index is 12.4. The summed E-state index contributed by atoms with van der Waals surface area (Å²) in [4.78, 5) is 14.8. The third-order valence-electron chi connectivity index (χ3n) is 3.96. The molecular formula is C20H33NO2. The van der Waals surface area contributed by atoms with Crippen LogP contribution < -0.4 is 4.74 Å². The average Bonchev–Trinajstić information content (AvgIpc) is 2.59. The van der Waals surface area contributed by atoms with E-state index >= 15 is 0 Å². The summed E-state index contributed by atoms with van der Waals surface area (Å²) in [5, 5.41) is 0. The zero-order chi connectivity index (χ0) is 16.9. The second kappa shape index (κ2) is 12.1. The Balaban J connectivity index is 2.46. The lowest BCUT2D eigenvalue weighted by atomic mass is 10.1. The Hall–Kier alpha value is -1.35. The van der Waals surface area contributed by atoms with Gasteiger partial charge >= 0.3 is 0 Å². The summed E-state index contributed by atoms with van der Waals surface area (Å²) < 4.78 is 5.56. The molecule has 0 bridgehead atoms. The maximum Gasteiger partial charge on any atom is 0.164 e. The molecule has 0 saturated carbocycles. The lowest BCUT2D eigenvalue weighted by molar-refractivity contribution is 0.0963. The molecule has 3 heteroatoms. The highest BCUT2D eigenvalue weighted by molar-refractivity contribution is 5.96. The van der Waals surface area contributed by atoms with Gasteiger partial charge in [0.15, 0.2) is 5.78 Å². The Morgan fingerprint density at radius 1 is 0.913 bits per heavy atom. The summed E-state index contributed by atoms with van der Waals surface area (Å²) >= 11 is 0. The normalized spacial score (nSPS) is 11.0. The van der Waals surface area contributed by atoms with Gasteiger partial charge in [0.25, 0.3) is 0 Å². The summed E-state index contributed by atoms with van der Waals surface area (Å²) in [6, 6.07) is 7.56. The van der Waals surface area contributed by atoms with Gasteiger partial charge in [0.2, 0.25) is 0 Å². The van der Waals surface area contributed by atoms with Crippen LogP contribution in [0, 0.1) is 0 Å². The van der Waals surface area contributed by atoms with Crippen molar-refractivity contribution in [3.8, 4) is 5.75 Å². The van der Waals surface area contributed by atoms with Gasteiger partial charge in [-0.3, -0.25) is 4.79 Å². The molecule has 0 heterocycles. The Morgan fingerprint density at radius 2 is 1.52 bits per heavy atom. The molecule has 0 atom stereocenters. The molecule has 0 aliphatic carbocycles. The lowest BCUT2D eigenvalue weighted by Crippen LogP contribution is -2.28. The Kier molecular flexibility index (Phi) is 10.4. The number of carbonyl (C=O) groups is 1. The topological polar surface area (TPSA) is 29.5 Å². The molecule has 0 unspecified atom stereocenters. The minimum atomic E-state index is 0.227. The van der Waals surface area contributed by atoms with Crippen molar-refractivity contribution in [1.29, 1.82) is 0 Å². The predicted molar refractivity (Wildman–Crippen MR) is 97.4 cm³/mol. The van der Waals surface area contributed by atoms with Gasteiger partial charge < -0.3 is 9.64 Å². The van der Waals surface area contributed by atoms with Crippen LogP contribution in [0.5, 0.6) is 5.75 Å². The fourth-order valence-electron chi connectivity index (χ4n) is 2.46. The first-order valence-electron chi connectivity index (χ1n) is 9.19. The maximum absolute atomic E-state index is 12.4. The van der Waals surface area contributed by atoms with E-state index in [0.29, 0.717) is 6.42 Å². The first kappa shape index (κ1) is 19.7. The minimum Gasteiger partial charge on any atom is -0.494 e. The number of rotatable bonds is 13. The fourth-order valence-corrected chi connectivity index (χ4v) is 2.46. The standard InChI is InChI=1S/C20H33NO2/c1-4-7-14-21(15-8-5-2)16-13-20(22)18-9-11-19(12-10-18)23-17-6-3/h9-12H,4-8,13-17H2,1-3H3. The smallest absolute Gasteiger partial charge is 0.164 e. The number of carbonyl (C=O) groups excluding carboxylic acids is 1. The summed E-state index contributed by atoms with van der Waals surface area (Å²) in [6.07, 6.45) is 6.42. The van der Waals surface area contributed by atoms with Gasteiger partial charge in [0.05, 0.1) is 6.61 Å². The highest BCUT2D eigenvalue weighted by Gasteiger charge is 2.10. The SMILES string of the molecule is CCCCN(CCCC)CCC(=O)c1ccc(OCCC)cc1. The molecule has 23 heavy (non-hydrogen) atoms. The van der Waals surface area contributed by atoms with Crippen LogP contribution in [0.25, 0.3) is 0 Å². The van der Waals surface area contributed by atoms with Crippen molar-refractivity contribution >= 4 is 5.78 Å². The molecule has 0 radical (unpaired) electrons. The largest absolute Gasteiger partial charge is 0.494 e. The average molecular weight is 319 g/mol. The first-order chi connectivity index (χ1) is 11.2. The summed E-state index contributed by atoms with van der Waals surface area (Å²) in [5.74, 6) is 1.07. The second-order valence-electron chi connectivity index (χ2n) is 6.09. The van der Waals surface area contributed by atoms with Crippen molar-refractivity contribution in [1.82, 2.24) is 4.90 Å². The van der Waals surface area contributed by atoms with E-state index in [-0.39, 0.29) is 5.78 Å². The predicted octanol–water partition coefficient (Wildman–Crippen LogP) is 4.95. The number of hydrogen-bond donors (Lipinski definition) is 0. The zero-order valence-electron chi connectivity index (χ0n) is 15.1. The summed E-state index contributed by atoms with van der Waals surface area (Å²) in [5.41, 5.74) is 0.791. The monoisotopic (exact) mass is 319 g/mol. The number of ketones is 1. The van der Waals surface area contributed by atoms with Gasteiger partial charge in [-0.25, -0.2) is 0 Å². The Bertz CT molecular complexity index is 420. The van der Waals surface area contributed by atoms with Crippen LogP contribution in [0.4, 0.5) is 0 Å². The van der Waals surface area contributed by atoms with Crippen LogP contribution >= 0.6 is 0 Å².